The van der Waals surface area contributed by atoms with Crippen LogP contribution in [0.2, 0.25) is 0 Å². The number of nitrogens with one attached hydrogen (secondary N) is 1. The lowest BCUT2D eigenvalue weighted by molar-refractivity contribution is -0.117. The smallest absolute Gasteiger partial charge is 0.249 e. The highest BCUT2D eigenvalue weighted by Gasteiger charge is 2.42. The Morgan fingerprint density at radius 2 is 2.14 bits per heavy atom. The third-order valence-corrected chi connectivity index (χ3v) is 3.97. The molecule has 1 aliphatic rings. The Labute approximate surface area is 130 Å². The van der Waals surface area contributed by atoms with E-state index < -0.39 is 0 Å². The van der Waals surface area contributed by atoms with E-state index in [1.54, 1.807) is 6.92 Å². The summed E-state index contributed by atoms with van der Waals surface area (Å²) in [4.78, 5) is 12.4. The van der Waals surface area contributed by atoms with E-state index in [0.29, 0.717) is 23.6 Å². The Morgan fingerprint density at radius 3 is 2.82 bits per heavy atom. The van der Waals surface area contributed by atoms with E-state index in [2.05, 4.69) is 29.4 Å². The SMILES string of the molecule is Cc1nnc(-c2ccccc2NC(=O)[C@@H]2C[C@H]2CC(C)C)o1. The van der Waals surface area contributed by atoms with E-state index in [-0.39, 0.29) is 11.8 Å². The van der Waals surface area contributed by atoms with Crippen LogP contribution in [0.3, 0.4) is 0 Å². The molecule has 1 aliphatic carbocycles. The first-order chi connectivity index (χ1) is 10.5. The molecule has 1 saturated carbocycles. The minimum absolute atomic E-state index is 0.0920. The van der Waals surface area contributed by atoms with Crippen LogP contribution in [0.25, 0.3) is 11.5 Å². The molecule has 2 aromatic rings. The van der Waals surface area contributed by atoms with Crippen LogP contribution in [0.15, 0.2) is 28.7 Å². The first-order valence-electron chi connectivity index (χ1n) is 7.75. The molecule has 0 bridgehead atoms. The Kier molecular flexibility index (Phi) is 3.96. The van der Waals surface area contributed by atoms with Crippen molar-refractivity contribution in [2.45, 2.75) is 33.6 Å². The number of amides is 1. The molecule has 0 spiro atoms. The molecule has 1 fully saturated rings. The topological polar surface area (TPSA) is 68.0 Å². The average molecular weight is 299 g/mol. The first-order valence-corrected chi connectivity index (χ1v) is 7.75. The fraction of sp³-hybridized carbons (Fsp3) is 0.471. The van der Waals surface area contributed by atoms with Crippen LogP contribution >= 0.6 is 0 Å². The third kappa shape index (κ3) is 3.18. The lowest BCUT2D eigenvalue weighted by Crippen LogP contribution is -2.15. The van der Waals surface area contributed by atoms with Gasteiger partial charge in [0.25, 0.3) is 0 Å². The number of benzene rings is 1. The summed E-state index contributed by atoms with van der Waals surface area (Å²) >= 11 is 0. The molecular formula is C17H21N3O2. The molecule has 0 unspecified atom stereocenters. The number of carbonyl (C=O) groups excluding carboxylic acids is 1. The highest BCUT2D eigenvalue weighted by atomic mass is 16.4. The van der Waals surface area contributed by atoms with E-state index in [9.17, 15) is 4.79 Å². The second kappa shape index (κ2) is 5.91. The standard InChI is InChI=1S/C17H21N3O2/c1-10(2)8-12-9-14(12)16(21)18-15-7-5-4-6-13(15)17-20-19-11(3)22-17/h4-7,10,12,14H,8-9H2,1-3H3,(H,18,21)/t12-,14-/m1/s1. The Balaban J connectivity index is 1.72. The summed E-state index contributed by atoms with van der Waals surface area (Å²) in [5.74, 6) is 2.33. The zero-order valence-corrected chi connectivity index (χ0v) is 13.2. The van der Waals surface area contributed by atoms with Crippen LogP contribution < -0.4 is 5.32 Å². The number of para-hydroxylation sites is 1. The van der Waals surface area contributed by atoms with E-state index >= 15 is 0 Å². The molecule has 3 rings (SSSR count). The van der Waals surface area contributed by atoms with Crippen molar-refractivity contribution in [3.05, 3.63) is 30.2 Å². The fourth-order valence-corrected chi connectivity index (χ4v) is 2.84. The Bertz CT molecular complexity index is 678. The van der Waals surface area contributed by atoms with Crippen molar-refractivity contribution in [3.63, 3.8) is 0 Å². The molecule has 1 N–H and O–H groups in total. The maximum absolute atomic E-state index is 12.4. The Morgan fingerprint density at radius 1 is 1.36 bits per heavy atom. The number of carbonyl (C=O) groups is 1. The molecule has 0 radical (unpaired) electrons. The van der Waals surface area contributed by atoms with E-state index in [1.807, 2.05) is 24.3 Å². The number of anilines is 1. The van der Waals surface area contributed by atoms with Gasteiger partial charge in [0.1, 0.15) is 0 Å². The largest absolute Gasteiger partial charge is 0.421 e. The van der Waals surface area contributed by atoms with Gasteiger partial charge in [0.05, 0.1) is 11.3 Å². The van der Waals surface area contributed by atoms with Gasteiger partial charge in [-0.2, -0.15) is 0 Å². The van der Waals surface area contributed by atoms with Gasteiger partial charge in [0.15, 0.2) is 0 Å². The number of hydrogen-bond donors (Lipinski definition) is 1. The van der Waals surface area contributed by atoms with Gasteiger partial charge in [-0.1, -0.05) is 26.0 Å². The molecule has 2 atom stereocenters. The zero-order valence-electron chi connectivity index (χ0n) is 13.2. The summed E-state index contributed by atoms with van der Waals surface area (Å²) < 4.78 is 5.47. The summed E-state index contributed by atoms with van der Waals surface area (Å²) in [6, 6.07) is 7.53. The van der Waals surface area contributed by atoms with Gasteiger partial charge in [-0.05, 0) is 36.8 Å². The molecular weight excluding hydrogens is 278 g/mol. The summed E-state index contributed by atoms with van der Waals surface area (Å²) in [6.07, 6.45) is 2.11. The molecule has 1 heterocycles. The number of hydrogen-bond acceptors (Lipinski definition) is 4. The summed E-state index contributed by atoms with van der Waals surface area (Å²) in [5, 5.41) is 10.9. The maximum atomic E-state index is 12.4. The lowest BCUT2D eigenvalue weighted by Gasteiger charge is -2.09. The molecule has 116 valence electrons. The predicted octanol–water partition coefficient (Wildman–Crippen LogP) is 3.67. The van der Waals surface area contributed by atoms with Crippen molar-refractivity contribution in [3.8, 4) is 11.5 Å². The Hall–Kier alpha value is -2.17. The van der Waals surface area contributed by atoms with E-state index in [1.165, 1.54) is 0 Å². The third-order valence-electron chi connectivity index (χ3n) is 3.97. The second-order valence-electron chi connectivity index (χ2n) is 6.39. The maximum Gasteiger partial charge on any atom is 0.249 e. The average Bonchev–Trinajstić information content (AvgIpc) is 3.09. The van der Waals surface area contributed by atoms with Crippen molar-refractivity contribution >= 4 is 11.6 Å². The van der Waals surface area contributed by atoms with Crippen molar-refractivity contribution in [1.82, 2.24) is 10.2 Å². The molecule has 0 saturated heterocycles. The van der Waals surface area contributed by atoms with Crippen LogP contribution in [0.5, 0.6) is 0 Å². The van der Waals surface area contributed by atoms with Crippen LogP contribution in [-0.4, -0.2) is 16.1 Å². The van der Waals surface area contributed by atoms with Gasteiger partial charge in [-0.25, -0.2) is 0 Å². The highest BCUT2D eigenvalue weighted by molar-refractivity contribution is 5.97. The summed E-state index contributed by atoms with van der Waals surface area (Å²) in [6.45, 7) is 6.14. The van der Waals surface area contributed by atoms with Crippen molar-refractivity contribution in [2.24, 2.45) is 17.8 Å². The molecule has 5 heteroatoms. The van der Waals surface area contributed by atoms with Gasteiger partial charge in [0.2, 0.25) is 17.7 Å². The van der Waals surface area contributed by atoms with Crippen LogP contribution in [0, 0.1) is 24.7 Å². The van der Waals surface area contributed by atoms with Gasteiger partial charge in [-0.15, -0.1) is 10.2 Å². The van der Waals surface area contributed by atoms with Gasteiger partial charge < -0.3 is 9.73 Å². The van der Waals surface area contributed by atoms with Crippen molar-refractivity contribution < 1.29 is 9.21 Å². The minimum Gasteiger partial charge on any atom is -0.421 e. The quantitative estimate of drug-likeness (QED) is 0.914. The summed E-state index contributed by atoms with van der Waals surface area (Å²) in [7, 11) is 0. The van der Waals surface area contributed by atoms with Gasteiger partial charge in [-0.3, -0.25) is 4.79 Å². The number of rotatable bonds is 5. The zero-order chi connectivity index (χ0) is 15.7. The van der Waals surface area contributed by atoms with E-state index in [4.69, 9.17) is 4.42 Å². The van der Waals surface area contributed by atoms with Gasteiger partial charge >= 0.3 is 0 Å². The minimum atomic E-state index is 0.0920. The molecule has 5 nitrogen and oxygen atoms in total. The molecule has 22 heavy (non-hydrogen) atoms. The number of aromatic nitrogens is 2. The first kappa shape index (κ1) is 14.8. The molecule has 0 aliphatic heterocycles. The monoisotopic (exact) mass is 299 g/mol. The number of aryl methyl sites for hydroxylation is 1. The lowest BCUT2D eigenvalue weighted by atomic mass is 10.1. The highest BCUT2D eigenvalue weighted by Crippen LogP contribution is 2.44. The van der Waals surface area contributed by atoms with Crippen LogP contribution in [0.4, 0.5) is 5.69 Å². The van der Waals surface area contributed by atoms with Crippen LogP contribution in [0.1, 0.15) is 32.6 Å². The molecule has 1 amide bonds. The fourth-order valence-electron chi connectivity index (χ4n) is 2.84. The number of nitrogens with zero attached hydrogens (tertiary/aromatic N) is 2. The van der Waals surface area contributed by atoms with E-state index in [0.717, 1.165) is 24.1 Å². The molecule has 1 aromatic carbocycles. The van der Waals surface area contributed by atoms with Crippen molar-refractivity contribution in [2.75, 3.05) is 5.32 Å². The molecule has 1 aromatic heterocycles. The normalized spacial score (nSPS) is 20.2. The predicted molar refractivity (Wildman–Crippen MR) is 84.2 cm³/mol. The second-order valence-corrected chi connectivity index (χ2v) is 6.39. The van der Waals surface area contributed by atoms with Crippen LogP contribution in [-0.2, 0) is 4.79 Å². The summed E-state index contributed by atoms with van der Waals surface area (Å²) in [5.41, 5.74) is 1.49. The van der Waals surface area contributed by atoms with Gasteiger partial charge in [0, 0.05) is 12.8 Å². The van der Waals surface area contributed by atoms with Crippen molar-refractivity contribution in [1.29, 1.82) is 0 Å².